The molecule has 0 heterocycles. The first-order chi connectivity index (χ1) is 10.3. The Labute approximate surface area is 136 Å². The lowest BCUT2D eigenvalue weighted by molar-refractivity contribution is 0.104. The van der Waals surface area contributed by atoms with Gasteiger partial charge in [0.15, 0.2) is 0 Å². The highest BCUT2D eigenvalue weighted by molar-refractivity contribution is 7.17. The monoisotopic (exact) mass is 348 g/mol. The Hall–Kier alpha value is -0.930. The Kier molecular flexibility index (Phi) is 5.62. The van der Waals surface area contributed by atoms with Gasteiger partial charge in [0.2, 0.25) is 0 Å². The van der Waals surface area contributed by atoms with Crippen molar-refractivity contribution >= 4 is 32.6 Å². The summed E-state index contributed by atoms with van der Waals surface area (Å²) in [7, 11) is 1.46. The number of amides is 2. The van der Waals surface area contributed by atoms with Crippen molar-refractivity contribution in [2.75, 3.05) is 18.4 Å². The summed E-state index contributed by atoms with van der Waals surface area (Å²) in [6.45, 7) is 3.38. The molecule has 7 heteroatoms. The molecule has 1 aliphatic rings. The van der Waals surface area contributed by atoms with Gasteiger partial charge in [-0.1, -0.05) is 27.8 Å². The lowest BCUT2D eigenvalue weighted by Crippen LogP contribution is -2.37. The molecule has 0 radical (unpaired) electrons. The zero-order valence-corrected chi connectivity index (χ0v) is 14.3. The van der Waals surface area contributed by atoms with Gasteiger partial charge in [-0.25, -0.2) is 4.79 Å². The van der Waals surface area contributed by atoms with Crippen LogP contribution >= 0.6 is 20.8 Å². The number of rotatable bonds is 6. The minimum absolute atomic E-state index is 0.0265. The number of hydrogen-bond donors (Lipinski definition) is 1. The molecule has 2 rings (SSSR count). The van der Waals surface area contributed by atoms with Crippen molar-refractivity contribution in [3.8, 4) is 0 Å². The molecule has 1 aliphatic carbocycles. The quantitative estimate of drug-likeness (QED) is 0.727. The number of nitrogens with zero attached hydrogens (tertiary/aromatic N) is 1. The van der Waals surface area contributed by atoms with E-state index in [4.69, 9.17) is 11.6 Å². The van der Waals surface area contributed by atoms with Crippen LogP contribution in [0.25, 0.3) is 0 Å². The minimum Gasteiger partial charge on any atom is -0.324 e. The van der Waals surface area contributed by atoms with Gasteiger partial charge in [-0.15, -0.1) is 0 Å². The summed E-state index contributed by atoms with van der Waals surface area (Å²) in [6, 6.07) is 3.86. The van der Waals surface area contributed by atoms with Crippen LogP contribution in [0.5, 0.6) is 0 Å². The lowest BCUT2D eigenvalue weighted by Gasteiger charge is -2.23. The van der Waals surface area contributed by atoms with E-state index in [2.05, 4.69) is 5.32 Å². The molecule has 1 aromatic rings. The Morgan fingerprint density at radius 3 is 2.73 bits per heavy atom. The number of anilines is 1. The third kappa shape index (κ3) is 4.79. The van der Waals surface area contributed by atoms with Gasteiger partial charge in [-0.3, -0.25) is 0 Å². The van der Waals surface area contributed by atoms with Gasteiger partial charge in [0.25, 0.3) is 5.66 Å². The predicted molar refractivity (Wildman–Crippen MR) is 88.7 cm³/mol. The number of halogens is 3. The maximum atomic E-state index is 13.4. The van der Waals surface area contributed by atoms with Gasteiger partial charge in [0.1, 0.15) is 0 Å². The van der Waals surface area contributed by atoms with Gasteiger partial charge >= 0.3 is 6.03 Å². The van der Waals surface area contributed by atoms with E-state index in [1.165, 1.54) is 27.4 Å². The van der Waals surface area contributed by atoms with Crippen molar-refractivity contribution in [2.45, 2.75) is 31.8 Å². The van der Waals surface area contributed by atoms with Crippen molar-refractivity contribution < 1.29 is 13.6 Å². The first-order valence-electron chi connectivity index (χ1n) is 7.34. The summed E-state index contributed by atoms with van der Waals surface area (Å²) in [5.74, 6) is 0.578. The van der Waals surface area contributed by atoms with E-state index >= 15 is 0 Å². The minimum atomic E-state index is -3.13. The third-order valence-corrected chi connectivity index (χ3v) is 4.17. The van der Waals surface area contributed by atoms with E-state index in [1.807, 2.05) is 6.92 Å². The lowest BCUT2D eigenvalue weighted by atomic mass is 10.2. The van der Waals surface area contributed by atoms with E-state index in [0.29, 0.717) is 18.2 Å². The summed E-state index contributed by atoms with van der Waals surface area (Å²) >= 11 is 5.79. The number of hydrogen-bond acceptors (Lipinski definition) is 1. The SMILES string of the molecule is CCCN(CC1CC1)C(=O)Nc1ccc(Cl)c(C(F)(F)P)c1. The van der Waals surface area contributed by atoms with Gasteiger partial charge < -0.3 is 10.2 Å². The summed E-state index contributed by atoms with van der Waals surface area (Å²) in [6.07, 6.45) is 3.16. The number of benzene rings is 1. The van der Waals surface area contributed by atoms with Gasteiger partial charge in [0, 0.05) is 24.3 Å². The fourth-order valence-corrected chi connectivity index (χ4v) is 2.79. The van der Waals surface area contributed by atoms with Crippen LogP contribution in [0.4, 0.5) is 19.3 Å². The number of urea groups is 1. The molecule has 0 aliphatic heterocycles. The molecule has 22 heavy (non-hydrogen) atoms. The van der Waals surface area contributed by atoms with Crippen molar-refractivity contribution in [2.24, 2.45) is 5.92 Å². The van der Waals surface area contributed by atoms with Crippen LogP contribution in [0.3, 0.4) is 0 Å². The molecule has 0 bridgehead atoms. The first kappa shape index (κ1) is 17.4. The molecule has 1 atom stereocenters. The van der Waals surface area contributed by atoms with Crippen LogP contribution in [0, 0.1) is 5.92 Å². The molecule has 1 aromatic carbocycles. The normalized spacial score (nSPS) is 14.8. The second-order valence-electron chi connectivity index (χ2n) is 5.64. The first-order valence-corrected chi connectivity index (χ1v) is 8.29. The van der Waals surface area contributed by atoms with Gasteiger partial charge in [-0.05, 0) is 43.4 Å². The van der Waals surface area contributed by atoms with Crippen molar-refractivity contribution in [1.29, 1.82) is 0 Å². The number of alkyl halides is 2. The highest BCUT2D eigenvalue weighted by atomic mass is 35.5. The van der Waals surface area contributed by atoms with E-state index in [0.717, 1.165) is 25.8 Å². The van der Waals surface area contributed by atoms with E-state index < -0.39 is 5.66 Å². The Morgan fingerprint density at radius 2 is 2.18 bits per heavy atom. The van der Waals surface area contributed by atoms with Crippen LogP contribution in [0.2, 0.25) is 5.02 Å². The maximum absolute atomic E-state index is 13.4. The standard InChI is InChI=1S/C15H20ClF2N2OP/c1-2-7-20(9-10-3-4-10)14(21)19-11-5-6-13(16)12(8-11)15(17,18)22/h5-6,8,10H,2-4,7,9,22H2,1H3,(H,19,21). The molecule has 3 nitrogen and oxygen atoms in total. The highest BCUT2D eigenvalue weighted by Gasteiger charge is 2.29. The Balaban J connectivity index is 2.09. The van der Waals surface area contributed by atoms with Crippen LogP contribution in [0.15, 0.2) is 18.2 Å². The molecule has 0 saturated heterocycles. The number of carbonyl (C=O) groups is 1. The molecule has 1 N–H and O–H groups in total. The Morgan fingerprint density at radius 1 is 1.50 bits per heavy atom. The zero-order chi connectivity index (χ0) is 16.3. The number of carbonyl (C=O) groups excluding carboxylic acids is 1. The molecule has 0 aromatic heterocycles. The average molecular weight is 349 g/mol. The van der Waals surface area contributed by atoms with Gasteiger partial charge in [0.05, 0.1) is 5.02 Å². The summed E-state index contributed by atoms with van der Waals surface area (Å²) in [5, 5.41) is 2.66. The maximum Gasteiger partial charge on any atom is 0.321 e. The zero-order valence-electron chi connectivity index (χ0n) is 12.4. The smallest absolute Gasteiger partial charge is 0.321 e. The second-order valence-corrected chi connectivity index (χ2v) is 6.77. The van der Waals surface area contributed by atoms with E-state index in [-0.39, 0.29) is 16.6 Å². The van der Waals surface area contributed by atoms with Crippen LogP contribution in [-0.2, 0) is 5.66 Å². The summed E-state index contributed by atoms with van der Waals surface area (Å²) in [4.78, 5) is 14.0. The van der Waals surface area contributed by atoms with Crippen LogP contribution in [0.1, 0.15) is 31.7 Å². The number of nitrogens with one attached hydrogen (secondary N) is 1. The summed E-state index contributed by atoms with van der Waals surface area (Å²) < 4.78 is 26.9. The molecule has 1 saturated carbocycles. The molecule has 1 fully saturated rings. The van der Waals surface area contributed by atoms with Crippen LogP contribution < -0.4 is 5.32 Å². The molecular formula is C15H20ClF2N2OP. The fourth-order valence-electron chi connectivity index (χ4n) is 2.22. The van der Waals surface area contributed by atoms with Crippen LogP contribution in [-0.4, -0.2) is 24.0 Å². The fraction of sp³-hybridized carbons (Fsp3) is 0.533. The Bertz CT molecular complexity index is 547. The molecule has 122 valence electrons. The third-order valence-electron chi connectivity index (χ3n) is 3.53. The topological polar surface area (TPSA) is 32.3 Å². The highest BCUT2D eigenvalue weighted by Crippen LogP contribution is 2.40. The molecule has 2 amide bonds. The molecule has 0 spiro atoms. The second kappa shape index (κ2) is 7.10. The summed E-state index contributed by atoms with van der Waals surface area (Å²) in [5.41, 5.74) is -3.13. The van der Waals surface area contributed by atoms with E-state index in [9.17, 15) is 13.6 Å². The van der Waals surface area contributed by atoms with Crippen molar-refractivity contribution in [3.05, 3.63) is 28.8 Å². The largest absolute Gasteiger partial charge is 0.324 e. The average Bonchev–Trinajstić information content (AvgIpc) is 3.23. The van der Waals surface area contributed by atoms with E-state index in [1.54, 1.807) is 4.90 Å². The molecule has 1 unspecified atom stereocenters. The predicted octanol–water partition coefficient (Wildman–Crippen LogP) is 4.92. The van der Waals surface area contributed by atoms with Gasteiger partial charge in [-0.2, -0.15) is 8.78 Å². The van der Waals surface area contributed by atoms with Crippen molar-refractivity contribution in [1.82, 2.24) is 4.90 Å². The van der Waals surface area contributed by atoms with Crippen molar-refractivity contribution in [3.63, 3.8) is 0 Å². The molecular weight excluding hydrogens is 329 g/mol.